The molecule has 0 saturated carbocycles. The molecule has 0 spiro atoms. The van der Waals surface area contributed by atoms with Crippen molar-refractivity contribution in [1.82, 2.24) is 20.4 Å². The highest BCUT2D eigenvalue weighted by Gasteiger charge is 2.16. The van der Waals surface area contributed by atoms with E-state index in [1.807, 2.05) is 13.2 Å². The first kappa shape index (κ1) is 15.0. The largest absolute Gasteiger partial charge is 0.479 e. The Labute approximate surface area is 110 Å². The number of amides is 2. The van der Waals surface area contributed by atoms with E-state index in [0.29, 0.717) is 13.0 Å². The van der Waals surface area contributed by atoms with Crippen molar-refractivity contribution in [3.63, 3.8) is 0 Å². The Hall–Kier alpha value is -2.09. The lowest BCUT2D eigenvalue weighted by Crippen LogP contribution is -2.43. The Kier molecular flexibility index (Phi) is 5.80. The van der Waals surface area contributed by atoms with Crippen LogP contribution in [0.2, 0.25) is 0 Å². The van der Waals surface area contributed by atoms with Gasteiger partial charge in [-0.05, 0) is 12.0 Å². The van der Waals surface area contributed by atoms with Crippen LogP contribution in [-0.2, 0) is 23.0 Å². The molecule has 0 aliphatic rings. The summed E-state index contributed by atoms with van der Waals surface area (Å²) in [4.78, 5) is 22.0. The molecule has 1 aromatic rings. The number of aliphatic carboxylic acids is 1. The van der Waals surface area contributed by atoms with Gasteiger partial charge in [-0.3, -0.25) is 4.68 Å². The molecule has 1 atom stereocenters. The second-order valence-corrected chi connectivity index (χ2v) is 3.97. The quantitative estimate of drug-likeness (QED) is 0.611. The second-order valence-electron chi connectivity index (χ2n) is 3.97. The van der Waals surface area contributed by atoms with E-state index in [9.17, 15) is 9.59 Å². The number of hydrogen-bond acceptors (Lipinski definition) is 4. The molecule has 0 aromatic carbocycles. The average Bonchev–Trinajstić information content (AvgIpc) is 2.75. The van der Waals surface area contributed by atoms with Gasteiger partial charge >= 0.3 is 12.0 Å². The molecule has 0 fully saturated rings. The predicted molar refractivity (Wildman–Crippen MR) is 66.7 cm³/mol. The molecule has 0 radical (unpaired) electrons. The van der Waals surface area contributed by atoms with Crippen LogP contribution in [0.1, 0.15) is 5.56 Å². The monoisotopic (exact) mass is 270 g/mol. The number of rotatable bonds is 7. The first-order valence-electron chi connectivity index (χ1n) is 5.77. The summed E-state index contributed by atoms with van der Waals surface area (Å²) >= 11 is 0. The minimum absolute atomic E-state index is 0.0788. The van der Waals surface area contributed by atoms with Gasteiger partial charge in [0.2, 0.25) is 0 Å². The van der Waals surface area contributed by atoms with Gasteiger partial charge < -0.3 is 20.5 Å². The fourth-order valence-corrected chi connectivity index (χ4v) is 1.44. The molecule has 1 unspecified atom stereocenters. The van der Waals surface area contributed by atoms with E-state index in [4.69, 9.17) is 5.11 Å². The second kappa shape index (κ2) is 7.37. The van der Waals surface area contributed by atoms with Crippen LogP contribution >= 0.6 is 0 Å². The van der Waals surface area contributed by atoms with Gasteiger partial charge in [0, 0.05) is 26.9 Å². The Bertz CT molecular complexity index is 432. The van der Waals surface area contributed by atoms with Gasteiger partial charge in [-0.1, -0.05) is 0 Å². The molecule has 1 rings (SSSR count). The maximum atomic E-state index is 11.4. The Morgan fingerprint density at radius 2 is 2.26 bits per heavy atom. The topological polar surface area (TPSA) is 105 Å². The van der Waals surface area contributed by atoms with Crippen molar-refractivity contribution < 1.29 is 19.4 Å². The number of carbonyl (C=O) groups is 2. The van der Waals surface area contributed by atoms with Crippen molar-refractivity contribution in [2.45, 2.75) is 12.5 Å². The van der Waals surface area contributed by atoms with Gasteiger partial charge in [-0.25, -0.2) is 9.59 Å². The van der Waals surface area contributed by atoms with E-state index in [1.165, 1.54) is 7.11 Å². The van der Waals surface area contributed by atoms with Gasteiger partial charge in [-0.2, -0.15) is 5.10 Å². The summed E-state index contributed by atoms with van der Waals surface area (Å²) in [6.45, 7) is 0.368. The maximum Gasteiger partial charge on any atom is 0.334 e. The maximum absolute atomic E-state index is 11.4. The summed E-state index contributed by atoms with van der Waals surface area (Å²) < 4.78 is 6.37. The van der Waals surface area contributed by atoms with E-state index in [2.05, 4.69) is 20.5 Å². The van der Waals surface area contributed by atoms with E-state index in [0.717, 1.165) is 5.56 Å². The van der Waals surface area contributed by atoms with Crippen LogP contribution in [0.25, 0.3) is 0 Å². The van der Waals surface area contributed by atoms with Crippen molar-refractivity contribution in [3.8, 4) is 0 Å². The zero-order chi connectivity index (χ0) is 14.3. The first-order valence-corrected chi connectivity index (χ1v) is 5.77. The third-order valence-electron chi connectivity index (χ3n) is 2.47. The molecular formula is C11H18N4O4. The van der Waals surface area contributed by atoms with Crippen molar-refractivity contribution in [2.75, 3.05) is 20.2 Å². The summed E-state index contributed by atoms with van der Waals surface area (Å²) in [5, 5.41) is 17.8. The van der Waals surface area contributed by atoms with Gasteiger partial charge in [0.05, 0.1) is 12.7 Å². The number of aryl methyl sites for hydroxylation is 1. The van der Waals surface area contributed by atoms with Gasteiger partial charge in [-0.15, -0.1) is 0 Å². The average molecular weight is 270 g/mol. The normalized spacial score (nSPS) is 11.9. The summed E-state index contributed by atoms with van der Waals surface area (Å²) in [6, 6.07) is -0.424. The number of ether oxygens (including phenoxy) is 1. The molecule has 8 heteroatoms. The molecule has 0 aliphatic carbocycles. The van der Waals surface area contributed by atoms with Crippen LogP contribution < -0.4 is 10.6 Å². The number of carbonyl (C=O) groups excluding carboxylic acids is 1. The molecule has 2 amide bonds. The number of hydrogen-bond donors (Lipinski definition) is 3. The number of methoxy groups -OCH3 is 1. The van der Waals surface area contributed by atoms with Crippen LogP contribution in [0.15, 0.2) is 12.4 Å². The van der Waals surface area contributed by atoms with Crippen molar-refractivity contribution >= 4 is 12.0 Å². The Morgan fingerprint density at radius 1 is 1.53 bits per heavy atom. The van der Waals surface area contributed by atoms with E-state index >= 15 is 0 Å². The predicted octanol–water partition coefficient (Wildman–Crippen LogP) is -0.639. The third-order valence-corrected chi connectivity index (χ3v) is 2.47. The lowest BCUT2D eigenvalue weighted by Gasteiger charge is -2.12. The molecular weight excluding hydrogens is 252 g/mol. The highest BCUT2D eigenvalue weighted by Crippen LogP contribution is 1.95. The molecule has 0 bridgehead atoms. The summed E-state index contributed by atoms with van der Waals surface area (Å²) in [6.07, 6.45) is 3.22. The lowest BCUT2D eigenvalue weighted by molar-refractivity contribution is -0.147. The SMILES string of the molecule is COC(CNC(=O)NCCc1cnn(C)c1)C(=O)O. The van der Waals surface area contributed by atoms with Crippen LogP contribution in [0, 0.1) is 0 Å². The third kappa shape index (κ3) is 5.38. The number of aromatic nitrogens is 2. The highest BCUT2D eigenvalue weighted by molar-refractivity contribution is 5.76. The minimum Gasteiger partial charge on any atom is -0.479 e. The summed E-state index contributed by atoms with van der Waals surface area (Å²) in [5.74, 6) is -1.11. The van der Waals surface area contributed by atoms with Crippen molar-refractivity contribution in [1.29, 1.82) is 0 Å². The summed E-state index contributed by atoms with van der Waals surface area (Å²) in [7, 11) is 3.10. The van der Waals surface area contributed by atoms with Crippen LogP contribution in [0.4, 0.5) is 4.79 Å². The number of nitrogens with one attached hydrogen (secondary N) is 2. The smallest absolute Gasteiger partial charge is 0.334 e. The zero-order valence-electron chi connectivity index (χ0n) is 10.9. The molecule has 1 heterocycles. The fourth-order valence-electron chi connectivity index (χ4n) is 1.44. The molecule has 0 aliphatic heterocycles. The molecule has 8 nitrogen and oxygen atoms in total. The van der Waals surface area contributed by atoms with Gasteiger partial charge in [0.15, 0.2) is 6.10 Å². The van der Waals surface area contributed by atoms with Gasteiger partial charge in [0.1, 0.15) is 0 Å². The van der Waals surface area contributed by atoms with Crippen LogP contribution in [-0.4, -0.2) is 53.2 Å². The Morgan fingerprint density at radius 3 is 2.79 bits per heavy atom. The lowest BCUT2D eigenvalue weighted by atomic mass is 10.2. The molecule has 19 heavy (non-hydrogen) atoms. The number of urea groups is 1. The molecule has 3 N–H and O–H groups in total. The minimum atomic E-state index is -1.11. The molecule has 0 saturated heterocycles. The van der Waals surface area contributed by atoms with Crippen molar-refractivity contribution in [3.05, 3.63) is 18.0 Å². The van der Waals surface area contributed by atoms with Gasteiger partial charge in [0.25, 0.3) is 0 Å². The van der Waals surface area contributed by atoms with Crippen LogP contribution in [0.5, 0.6) is 0 Å². The van der Waals surface area contributed by atoms with Crippen molar-refractivity contribution in [2.24, 2.45) is 7.05 Å². The van der Waals surface area contributed by atoms with E-state index in [-0.39, 0.29) is 6.54 Å². The number of carboxylic acids is 1. The number of nitrogens with zero attached hydrogens (tertiary/aromatic N) is 2. The fraction of sp³-hybridized carbons (Fsp3) is 0.545. The highest BCUT2D eigenvalue weighted by atomic mass is 16.5. The Balaban J connectivity index is 2.19. The van der Waals surface area contributed by atoms with E-state index < -0.39 is 18.1 Å². The molecule has 106 valence electrons. The van der Waals surface area contributed by atoms with Crippen LogP contribution in [0.3, 0.4) is 0 Å². The standard InChI is InChI=1S/C11H18N4O4/c1-15-7-8(5-14-15)3-4-12-11(18)13-6-9(19-2)10(16)17/h5,7,9H,3-4,6H2,1-2H3,(H,16,17)(H2,12,13,18). The first-order chi connectivity index (χ1) is 9.02. The number of carboxylic acid groups (broad SMARTS) is 1. The molecule has 1 aromatic heterocycles. The summed E-state index contributed by atoms with van der Waals surface area (Å²) in [5.41, 5.74) is 1.02. The zero-order valence-corrected chi connectivity index (χ0v) is 10.9. The van der Waals surface area contributed by atoms with E-state index in [1.54, 1.807) is 10.9 Å².